The van der Waals surface area contributed by atoms with Gasteiger partial charge in [0.25, 0.3) is 0 Å². The van der Waals surface area contributed by atoms with Gasteiger partial charge in [0.15, 0.2) is 0 Å². The number of allylic oxidation sites excluding steroid dienone is 24. The third-order valence-electron chi connectivity index (χ3n) is 10.8. The van der Waals surface area contributed by atoms with Crippen LogP contribution in [0.25, 0.3) is 0 Å². The van der Waals surface area contributed by atoms with Crippen molar-refractivity contribution >= 4 is 13.8 Å². The summed E-state index contributed by atoms with van der Waals surface area (Å²) in [5, 5.41) is 0. The highest BCUT2D eigenvalue weighted by Crippen LogP contribution is 2.43. The Labute approximate surface area is 429 Å². The molecule has 0 rings (SSSR count). The highest BCUT2D eigenvalue weighted by atomic mass is 31.2. The largest absolute Gasteiger partial charge is 0.472 e. The third kappa shape index (κ3) is 55.3. The molecule has 8 nitrogen and oxygen atoms in total. The van der Waals surface area contributed by atoms with E-state index in [0.717, 1.165) is 109 Å². The molecule has 0 aromatic rings. The lowest BCUT2D eigenvalue weighted by Gasteiger charge is -2.20. The molecule has 0 radical (unpaired) electrons. The zero-order chi connectivity index (χ0) is 50.8. The number of phosphoric acid groups is 1. The van der Waals surface area contributed by atoms with Gasteiger partial charge in [-0.3, -0.25) is 13.8 Å². The zero-order valence-corrected chi connectivity index (χ0v) is 45.1. The van der Waals surface area contributed by atoms with Crippen LogP contribution in [-0.2, 0) is 27.9 Å². The summed E-state index contributed by atoms with van der Waals surface area (Å²) in [6, 6.07) is 0. The maximum Gasteiger partial charge on any atom is 0.472 e. The number of phosphoric ester groups is 1. The molecule has 0 aliphatic rings. The number of ether oxygens (including phenoxy) is 2. The molecule has 9 heteroatoms. The van der Waals surface area contributed by atoms with Crippen LogP contribution in [0.1, 0.15) is 194 Å². The van der Waals surface area contributed by atoms with Gasteiger partial charge in [-0.25, -0.2) is 4.57 Å². The van der Waals surface area contributed by atoms with Gasteiger partial charge in [0.1, 0.15) is 6.10 Å². The summed E-state index contributed by atoms with van der Waals surface area (Å²) in [6.45, 7) is 4.61. The van der Waals surface area contributed by atoms with Gasteiger partial charge in [0.05, 0.1) is 19.8 Å². The van der Waals surface area contributed by atoms with Gasteiger partial charge in [-0.15, -0.1) is 0 Å². The van der Waals surface area contributed by atoms with Crippen molar-refractivity contribution in [2.45, 2.75) is 200 Å². The Balaban J connectivity index is 4.05. The monoisotopic (exact) mass is 990 g/mol. The number of rotatable bonds is 50. The smallest absolute Gasteiger partial charge is 0.457 e. The highest BCUT2D eigenvalue weighted by Gasteiger charge is 2.25. The van der Waals surface area contributed by atoms with E-state index < -0.39 is 13.9 Å². The molecule has 0 aromatic heterocycles. The maximum absolute atomic E-state index is 12.7. The average molecular weight is 990 g/mol. The fourth-order valence-electron chi connectivity index (χ4n) is 6.83. The van der Waals surface area contributed by atoms with E-state index in [1.165, 1.54) is 57.8 Å². The standard InChI is InChI=1S/C61H100NO7P/c1-3-5-7-9-11-13-15-17-19-21-23-25-27-29-31-33-35-37-39-41-43-45-47-49-51-53-56-66-58-60(59-68-70(64,65)67-57-55-62)69-61(63)54-52-50-48-46-44-42-40-38-36-34-32-30-28-26-24-22-20-18-16-14-12-10-8-6-4-2/h5-8,11-14,17-20,23-26,29-32,36,38,42,44,60H,3-4,9-10,15-16,21-22,27-28,33-35,37,39-41,43,45-59,62H2,1-2H3,(H,64,65)/b7-5-,8-6-,13-11-,14-12-,19-17-,20-18-,25-23-,26-24-,31-29-,32-30-,38-36-,44-42-. The molecule has 0 saturated heterocycles. The van der Waals surface area contributed by atoms with Crippen LogP contribution in [0.15, 0.2) is 146 Å². The summed E-state index contributed by atoms with van der Waals surface area (Å²) in [4.78, 5) is 22.6. The fourth-order valence-corrected chi connectivity index (χ4v) is 7.59. The second-order valence-corrected chi connectivity index (χ2v) is 18.8. The van der Waals surface area contributed by atoms with E-state index >= 15 is 0 Å². The van der Waals surface area contributed by atoms with Crippen molar-refractivity contribution < 1.29 is 32.8 Å². The average Bonchev–Trinajstić information content (AvgIpc) is 3.35. The van der Waals surface area contributed by atoms with Crippen molar-refractivity contribution in [1.29, 1.82) is 0 Å². The topological polar surface area (TPSA) is 117 Å². The van der Waals surface area contributed by atoms with Crippen LogP contribution in [0.2, 0.25) is 0 Å². The lowest BCUT2D eigenvalue weighted by Crippen LogP contribution is -2.28. The molecule has 0 aliphatic carbocycles. The van der Waals surface area contributed by atoms with Gasteiger partial charge < -0.3 is 20.1 Å². The number of esters is 1. The first-order valence-electron chi connectivity index (χ1n) is 27.3. The summed E-state index contributed by atoms with van der Waals surface area (Å²) >= 11 is 0. The normalized spacial score (nSPS) is 14.4. The van der Waals surface area contributed by atoms with E-state index in [2.05, 4.69) is 160 Å². The Morgan fingerprint density at radius 2 is 0.757 bits per heavy atom. The van der Waals surface area contributed by atoms with Crippen LogP contribution >= 0.6 is 7.82 Å². The number of hydrogen-bond acceptors (Lipinski definition) is 7. The fraction of sp³-hybridized carbons (Fsp3) is 0.590. The predicted octanol–water partition coefficient (Wildman–Crippen LogP) is 17.6. The minimum Gasteiger partial charge on any atom is -0.457 e. The summed E-state index contributed by atoms with van der Waals surface area (Å²) < 4.78 is 33.6. The first-order valence-corrected chi connectivity index (χ1v) is 28.8. The molecule has 0 bridgehead atoms. The Kier molecular flexibility index (Phi) is 53.4. The Hall–Kier alpha value is -3.62. The molecule has 0 spiro atoms. The second kappa shape index (κ2) is 56.3. The van der Waals surface area contributed by atoms with E-state index in [4.69, 9.17) is 24.3 Å². The molecule has 3 N–H and O–H groups in total. The van der Waals surface area contributed by atoms with Gasteiger partial charge >= 0.3 is 13.8 Å². The highest BCUT2D eigenvalue weighted by molar-refractivity contribution is 7.47. The Morgan fingerprint density at radius 1 is 0.429 bits per heavy atom. The minimum absolute atomic E-state index is 0.0850. The van der Waals surface area contributed by atoms with E-state index in [0.29, 0.717) is 13.0 Å². The molecule has 0 aromatic carbocycles. The summed E-state index contributed by atoms with van der Waals surface area (Å²) in [5.41, 5.74) is 5.39. The van der Waals surface area contributed by atoms with Crippen LogP contribution in [0.5, 0.6) is 0 Å². The van der Waals surface area contributed by atoms with Crippen molar-refractivity contribution in [1.82, 2.24) is 0 Å². The SMILES string of the molecule is CC/C=C\C/C=C\C/C=C\C/C=C\C/C=C\C/C=C\C/C=C\CCCCCC(=O)OC(COCCCCCCCCCCCC/C=C\C/C=C\C/C=C\C/C=C\C/C=C\CC)COP(=O)(O)OCCN. The molecule has 70 heavy (non-hydrogen) atoms. The number of nitrogens with two attached hydrogens (primary N) is 1. The van der Waals surface area contributed by atoms with Crippen LogP contribution in [0.3, 0.4) is 0 Å². The van der Waals surface area contributed by atoms with Crippen molar-refractivity contribution in [2.24, 2.45) is 5.73 Å². The molecule has 0 amide bonds. The van der Waals surface area contributed by atoms with Crippen LogP contribution < -0.4 is 5.73 Å². The maximum atomic E-state index is 12.7. The lowest BCUT2D eigenvalue weighted by atomic mass is 10.1. The third-order valence-corrected chi connectivity index (χ3v) is 11.7. The lowest BCUT2D eigenvalue weighted by molar-refractivity contribution is -0.154. The van der Waals surface area contributed by atoms with Crippen molar-refractivity contribution in [3.05, 3.63) is 146 Å². The number of hydrogen-bond donors (Lipinski definition) is 2. The van der Waals surface area contributed by atoms with E-state index in [-0.39, 0.29) is 38.8 Å². The number of carbonyl (C=O) groups is 1. The second-order valence-electron chi connectivity index (χ2n) is 17.3. The molecular weight excluding hydrogens is 890 g/mol. The first-order chi connectivity index (χ1) is 34.4. The zero-order valence-electron chi connectivity index (χ0n) is 44.2. The summed E-state index contributed by atoms with van der Waals surface area (Å²) in [5.74, 6) is -0.369. The quantitative estimate of drug-likeness (QED) is 0.0268. The van der Waals surface area contributed by atoms with Crippen molar-refractivity contribution in [2.75, 3.05) is 33.0 Å². The van der Waals surface area contributed by atoms with Gasteiger partial charge in [-0.05, 0) is 116 Å². The molecule has 0 aliphatic heterocycles. The molecular formula is C61H100NO7P. The van der Waals surface area contributed by atoms with E-state index in [1.807, 2.05) is 0 Å². The first kappa shape index (κ1) is 66.4. The van der Waals surface area contributed by atoms with Gasteiger partial charge in [0.2, 0.25) is 0 Å². The van der Waals surface area contributed by atoms with Gasteiger partial charge in [-0.1, -0.05) is 217 Å². The molecule has 2 atom stereocenters. The molecule has 0 saturated carbocycles. The van der Waals surface area contributed by atoms with Crippen LogP contribution in [0.4, 0.5) is 0 Å². The van der Waals surface area contributed by atoms with Crippen LogP contribution in [0, 0.1) is 0 Å². The minimum atomic E-state index is -4.31. The molecule has 0 heterocycles. The number of carbonyl (C=O) groups excluding carboxylic acids is 1. The van der Waals surface area contributed by atoms with Crippen molar-refractivity contribution in [3.63, 3.8) is 0 Å². The number of unbranched alkanes of at least 4 members (excludes halogenated alkanes) is 13. The summed E-state index contributed by atoms with van der Waals surface area (Å²) in [7, 11) is -4.31. The van der Waals surface area contributed by atoms with Crippen LogP contribution in [-0.4, -0.2) is 49.9 Å². The molecule has 2 unspecified atom stereocenters. The molecule has 396 valence electrons. The van der Waals surface area contributed by atoms with Crippen molar-refractivity contribution in [3.8, 4) is 0 Å². The van der Waals surface area contributed by atoms with Gasteiger partial charge in [-0.2, -0.15) is 0 Å². The van der Waals surface area contributed by atoms with E-state index in [1.54, 1.807) is 0 Å². The molecule has 0 fully saturated rings. The van der Waals surface area contributed by atoms with Gasteiger partial charge in [0, 0.05) is 19.6 Å². The van der Waals surface area contributed by atoms with E-state index in [9.17, 15) is 14.3 Å². The Bertz CT molecular complexity index is 1580. The Morgan fingerprint density at radius 3 is 1.13 bits per heavy atom. The predicted molar refractivity (Wildman–Crippen MR) is 302 cm³/mol. The summed E-state index contributed by atoms with van der Waals surface area (Å²) in [6.07, 6.45) is 81.7.